The summed E-state index contributed by atoms with van der Waals surface area (Å²) >= 11 is 1.69. The van der Waals surface area contributed by atoms with E-state index in [9.17, 15) is 4.79 Å². The topological polar surface area (TPSA) is 80.3 Å². The Bertz CT molecular complexity index is 1290. The van der Waals surface area contributed by atoms with Gasteiger partial charge >= 0.3 is 0 Å². The summed E-state index contributed by atoms with van der Waals surface area (Å²) in [6.45, 7) is 2.59. The highest BCUT2D eigenvalue weighted by Crippen LogP contribution is 2.37. The summed E-state index contributed by atoms with van der Waals surface area (Å²) < 4.78 is 11.3. The number of ether oxygens (including phenoxy) is 2. The van der Waals surface area contributed by atoms with E-state index in [1.807, 2.05) is 47.4 Å². The normalized spacial score (nSPS) is 16.4. The van der Waals surface area contributed by atoms with Crippen LogP contribution < -0.4 is 9.47 Å². The van der Waals surface area contributed by atoms with Crippen LogP contribution in [0.1, 0.15) is 34.3 Å². The van der Waals surface area contributed by atoms with Crippen molar-refractivity contribution in [3.8, 4) is 22.8 Å². The van der Waals surface area contributed by atoms with Crippen molar-refractivity contribution < 1.29 is 14.3 Å². The third kappa shape index (κ3) is 3.40. The molecule has 1 fully saturated rings. The van der Waals surface area contributed by atoms with Gasteiger partial charge in [-0.25, -0.2) is 4.98 Å². The molecule has 1 N–H and O–H groups in total. The SMILES string of the molecule is O=C(c1n[nH]c2ccccc12)N1CCC(c2nc(-c3ccc4c(c3)OCCO4)cs2)CC1. The fraction of sp³-hybridized carbons (Fsp3) is 0.292. The molecular weight excluding hydrogens is 424 g/mol. The van der Waals surface area contributed by atoms with Gasteiger partial charge in [-0.3, -0.25) is 9.89 Å². The number of rotatable bonds is 3. The Kier molecular flexibility index (Phi) is 4.79. The average molecular weight is 447 g/mol. The van der Waals surface area contributed by atoms with Crippen molar-refractivity contribution in [3.63, 3.8) is 0 Å². The Morgan fingerprint density at radius 1 is 1.06 bits per heavy atom. The van der Waals surface area contributed by atoms with Crippen LogP contribution in [0.3, 0.4) is 0 Å². The van der Waals surface area contributed by atoms with Crippen molar-refractivity contribution in [2.24, 2.45) is 0 Å². The van der Waals surface area contributed by atoms with Crippen LogP contribution in [0.15, 0.2) is 47.8 Å². The molecule has 2 aromatic carbocycles. The first kappa shape index (κ1) is 19.3. The van der Waals surface area contributed by atoms with Crippen molar-refractivity contribution in [3.05, 3.63) is 58.5 Å². The van der Waals surface area contributed by atoms with Gasteiger partial charge in [0.1, 0.15) is 13.2 Å². The molecule has 0 aliphatic carbocycles. The number of nitrogens with one attached hydrogen (secondary N) is 1. The van der Waals surface area contributed by atoms with E-state index in [-0.39, 0.29) is 5.91 Å². The molecule has 162 valence electrons. The maximum atomic E-state index is 13.0. The number of benzene rings is 2. The van der Waals surface area contributed by atoms with Gasteiger partial charge in [-0.15, -0.1) is 11.3 Å². The van der Waals surface area contributed by atoms with Crippen LogP contribution in [0.2, 0.25) is 0 Å². The zero-order valence-corrected chi connectivity index (χ0v) is 18.2. The van der Waals surface area contributed by atoms with Gasteiger partial charge in [0.2, 0.25) is 0 Å². The molecule has 4 heterocycles. The quantitative estimate of drug-likeness (QED) is 0.502. The standard InChI is InChI=1S/C24H22N4O3S/c29-24(22-17-3-1-2-4-18(17)26-27-22)28-9-7-15(8-10-28)23-25-19(14-32-23)16-5-6-20-21(13-16)31-12-11-30-20/h1-6,13-15H,7-12H2,(H,26,27). The zero-order chi connectivity index (χ0) is 21.5. The van der Waals surface area contributed by atoms with E-state index in [1.54, 1.807) is 11.3 Å². The van der Waals surface area contributed by atoms with Crippen LogP contribution in [-0.4, -0.2) is 52.3 Å². The molecule has 1 saturated heterocycles. The number of fused-ring (bicyclic) bond motifs is 2. The molecule has 0 saturated carbocycles. The van der Waals surface area contributed by atoms with Gasteiger partial charge in [0, 0.05) is 35.3 Å². The highest BCUT2D eigenvalue weighted by molar-refractivity contribution is 7.10. The predicted octanol–water partition coefficient (Wildman–Crippen LogP) is 4.48. The lowest BCUT2D eigenvalue weighted by atomic mass is 9.97. The highest BCUT2D eigenvalue weighted by Gasteiger charge is 2.28. The summed E-state index contributed by atoms with van der Waals surface area (Å²) in [6, 6.07) is 13.7. The van der Waals surface area contributed by atoms with Crippen LogP contribution in [0, 0.1) is 0 Å². The zero-order valence-electron chi connectivity index (χ0n) is 17.4. The van der Waals surface area contributed by atoms with Crippen LogP contribution in [0.5, 0.6) is 11.5 Å². The number of aromatic amines is 1. The maximum absolute atomic E-state index is 13.0. The summed E-state index contributed by atoms with van der Waals surface area (Å²) in [4.78, 5) is 19.9. The molecule has 1 amide bonds. The maximum Gasteiger partial charge on any atom is 0.274 e. The van der Waals surface area contributed by atoms with Gasteiger partial charge < -0.3 is 14.4 Å². The second-order valence-corrected chi connectivity index (χ2v) is 9.00. The number of aromatic nitrogens is 3. The molecule has 32 heavy (non-hydrogen) atoms. The monoisotopic (exact) mass is 446 g/mol. The number of amides is 1. The highest BCUT2D eigenvalue weighted by atomic mass is 32.1. The number of hydrogen-bond donors (Lipinski definition) is 1. The summed E-state index contributed by atoms with van der Waals surface area (Å²) in [5.74, 6) is 1.93. The molecule has 7 nitrogen and oxygen atoms in total. The Labute approximate surface area is 189 Å². The largest absolute Gasteiger partial charge is 0.486 e. The van der Waals surface area contributed by atoms with E-state index in [0.717, 1.165) is 51.5 Å². The Balaban J connectivity index is 1.14. The number of likely N-dealkylation sites (tertiary alicyclic amines) is 1. The summed E-state index contributed by atoms with van der Waals surface area (Å²) in [6.07, 6.45) is 1.81. The van der Waals surface area contributed by atoms with E-state index >= 15 is 0 Å². The third-order valence-corrected chi connectivity index (χ3v) is 7.17. The van der Waals surface area contributed by atoms with E-state index in [2.05, 4.69) is 15.6 Å². The van der Waals surface area contributed by atoms with Gasteiger partial charge in [0.15, 0.2) is 17.2 Å². The van der Waals surface area contributed by atoms with Gasteiger partial charge in [-0.2, -0.15) is 5.10 Å². The third-order valence-electron chi connectivity index (χ3n) is 6.16. The molecule has 2 aliphatic rings. The number of para-hydroxylation sites is 1. The lowest BCUT2D eigenvalue weighted by molar-refractivity contribution is 0.0709. The number of nitrogens with zero attached hydrogens (tertiary/aromatic N) is 3. The summed E-state index contributed by atoms with van der Waals surface area (Å²) in [7, 11) is 0. The average Bonchev–Trinajstić information content (AvgIpc) is 3.51. The smallest absolute Gasteiger partial charge is 0.274 e. The molecule has 4 aromatic rings. The Hall–Kier alpha value is -3.39. The molecule has 0 radical (unpaired) electrons. The number of carbonyl (C=O) groups excluding carboxylic acids is 1. The molecule has 0 unspecified atom stereocenters. The summed E-state index contributed by atoms with van der Waals surface area (Å²) in [5, 5.41) is 11.3. The molecule has 8 heteroatoms. The van der Waals surface area contributed by atoms with Crippen LogP contribution in [0.4, 0.5) is 0 Å². The van der Waals surface area contributed by atoms with Crippen molar-refractivity contribution >= 4 is 28.1 Å². The van der Waals surface area contributed by atoms with Crippen LogP contribution >= 0.6 is 11.3 Å². The van der Waals surface area contributed by atoms with E-state index in [0.29, 0.717) is 37.9 Å². The molecule has 6 rings (SSSR count). The molecule has 2 aliphatic heterocycles. The van der Waals surface area contributed by atoms with Crippen molar-refractivity contribution in [2.45, 2.75) is 18.8 Å². The number of thiazole rings is 1. The lowest BCUT2D eigenvalue weighted by Crippen LogP contribution is -2.38. The first-order valence-electron chi connectivity index (χ1n) is 10.8. The molecule has 0 bridgehead atoms. The molecule has 0 atom stereocenters. The Morgan fingerprint density at radius 3 is 2.75 bits per heavy atom. The second-order valence-electron chi connectivity index (χ2n) is 8.11. The molecular formula is C24H22N4O3S. The fourth-order valence-corrected chi connectivity index (χ4v) is 5.42. The van der Waals surface area contributed by atoms with Gasteiger partial charge in [-0.05, 0) is 37.1 Å². The lowest BCUT2D eigenvalue weighted by Gasteiger charge is -2.30. The van der Waals surface area contributed by atoms with E-state index < -0.39 is 0 Å². The van der Waals surface area contributed by atoms with E-state index in [4.69, 9.17) is 14.5 Å². The van der Waals surface area contributed by atoms with Crippen LogP contribution in [0.25, 0.3) is 22.2 Å². The van der Waals surface area contributed by atoms with Crippen LogP contribution in [-0.2, 0) is 0 Å². The number of piperidine rings is 1. The Morgan fingerprint density at radius 2 is 1.88 bits per heavy atom. The number of hydrogen-bond acceptors (Lipinski definition) is 6. The minimum absolute atomic E-state index is 0.00277. The van der Waals surface area contributed by atoms with Crippen molar-refractivity contribution in [1.82, 2.24) is 20.1 Å². The minimum Gasteiger partial charge on any atom is -0.486 e. The first-order valence-corrected chi connectivity index (χ1v) is 11.7. The fourth-order valence-electron chi connectivity index (χ4n) is 4.42. The van der Waals surface area contributed by atoms with E-state index in [1.165, 1.54) is 0 Å². The molecule has 2 aromatic heterocycles. The predicted molar refractivity (Wildman–Crippen MR) is 123 cm³/mol. The van der Waals surface area contributed by atoms with Crippen molar-refractivity contribution in [2.75, 3.05) is 26.3 Å². The second kappa shape index (κ2) is 7.94. The number of H-pyrrole nitrogens is 1. The molecule has 0 spiro atoms. The van der Waals surface area contributed by atoms with Gasteiger partial charge in [0.05, 0.1) is 16.2 Å². The number of carbonyl (C=O) groups is 1. The summed E-state index contributed by atoms with van der Waals surface area (Å²) in [5.41, 5.74) is 3.40. The van der Waals surface area contributed by atoms with Crippen molar-refractivity contribution in [1.29, 1.82) is 0 Å². The van der Waals surface area contributed by atoms with Gasteiger partial charge in [0.25, 0.3) is 5.91 Å². The first-order chi connectivity index (χ1) is 15.8. The van der Waals surface area contributed by atoms with Gasteiger partial charge in [-0.1, -0.05) is 18.2 Å². The minimum atomic E-state index is -0.00277.